The summed E-state index contributed by atoms with van der Waals surface area (Å²) in [5.74, 6) is -0.138. The number of hydrogen-bond donors (Lipinski definition) is 0. The number of ether oxygens (including phenoxy) is 3. The van der Waals surface area contributed by atoms with E-state index in [1.165, 1.54) is 0 Å². The van der Waals surface area contributed by atoms with Crippen molar-refractivity contribution in [3.05, 3.63) is 0 Å². The Labute approximate surface area is 109 Å². The van der Waals surface area contributed by atoms with Crippen LogP contribution >= 0.6 is 0 Å². The summed E-state index contributed by atoms with van der Waals surface area (Å²) >= 11 is 0. The Hall–Kier alpha value is -0.650. The summed E-state index contributed by atoms with van der Waals surface area (Å²) in [5, 5.41) is 0. The number of hydrogen-bond acceptors (Lipinski definition) is 5. The molecule has 0 aromatic carbocycles. The summed E-state index contributed by atoms with van der Waals surface area (Å²) in [4.78, 5) is 13.7. The molecule has 0 atom stereocenters. The van der Waals surface area contributed by atoms with Gasteiger partial charge in [-0.1, -0.05) is 13.3 Å². The second-order valence-electron chi connectivity index (χ2n) is 4.39. The first-order valence-corrected chi connectivity index (χ1v) is 6.86. The molecule has 0 saturated carbocycles. The minimum atomic E-state index is -0.138. The van der Waals surface area contributed by atoms with Crippen molar-refractivity contribution >= 4 is 5.97 Å². The SMILES string of the molecule is CCCCOCCOC(=O)CCN1CCOCC1. The first-order valence-electron chi connectivity index (χ1n) is 6.86. The predicted molar refractivity (Wildman–Crippen MR) is 68.6 cm³/mol. The van der Waals surface area contributed by atoms with Gasteiger partial charge in [-0.15, -0.1) is 0 Å². The normalized spacial score (nSPS) is 16.7. The molecule has 1 aliphatic rings. The Balaban J connectivity index is 1.90. The quantitative estimate of drug-likeness (QED) is 0.458. The third-order valence-corrected chi connectivity index (χ3v) is 2.87. The average molecular weight is 259 g/mol. The van der Waals surface area contributed by atoms with Gasteiger partial charge in [0.05, 0.1) is 26.2 Å². The molecule has 0 N–H and O–H groups in total. The van der Waals surface area contributed by atoms with Crippen LogP contribution in [0.4, 0.5) is 0 Å². The zero-order chi connectivity index (χ0) is 13.1. The first kappa shape index (κ1) is 15.4. The molecule has 18 heavy (non-hydrogen) atoms. The van der Waals surface area contributed by atoms with Crippen molar-refractivity contribution in [1.29, 1.82) is 0 Å². The number of morpholine rings is 1. The third kappa shape index (κ3) is 7.63. The van der Waals surface area contributed by atoms with Gasteiger partial charge in [0, 0.05) is 26.2 Å². The van der Waals surface area contributed by atoms with E-state index in [1.807, 2.05) is 0 Å². The lowest BCUT2D eigenvalue weighted by Gasteiger charge is -2.25. The van der Waals surface area contributed by atoms with E-state index in [1.54, 1.807) is 0 Å². The van der Waals surface area contributed by atoms with Crippen LogP contribution in [-0.4, -0.2) is 63.5 Å². The molecule has 1 saturated heterocycles. The molecule has 0 spiro atoms. The molecule has 1 heterocycles. The molecule has 106 valence electrons. The van der Waals surface area contributed by atoms with Gasteiger partial charge in [-0.3, -0.25) is 9.69 Å². The van der Waals surface area contributed by atoms with E-state index in [9.17, 15) is 4.79 Å². The van der Waals surface area contributed by atoms with Crippen LogP contribution < -0.4 is 0 Å². The van der Waals surface area contributed by atoms with Crippen molar-refractivity contribution in [2.24, 2.45) is 0 Å². The molecule has 5 heteroatoms. The number of esters is 1. The van der Waals surface area contributed by atoms with Crippen LogP contribution in [0.3, 0.4) is 0 Å². The minimum absolute atomic E-state index is 0.138. The van der Waals surface area contributed by atoms with Crippen LogP contribution in [0.5, 0.6) is 0 Å². The number of nitrogens with zero attached hydrogens (tertiary/aromatic N) is 1. The molecule has 0 aromatic rings. The lowest BCUT2D eigenvalue weighted by molar-refractivity contribution is -0.145. The Bertz CT molecular complexity index is 217. The summed E-state index contributed by atoms with van der Waals surface area (Å²) in [6, 6.07) is 0. The summed E-state index contributed by atoms with van der Waals surface area (Å²) in [6.45, 7) is 7.85. The average Bonchev–Trinajstić information content (AvgIpc) is 2.41. The van der Waals surface area contributed by atoms with Gasteiger partial charge in [0.25, 0.3) is 0 Å². The number of carbonyl (C=O) groups excluding carboxylic acids is 1. The molecule has 0 bridgehead atoms. The van der Waals surface area contributed by atoms with Gasteiger partial charge in [0.1, 0.15) is 6.61 Å². The summed E-state index contributed by atoms with van der Waals surface area (Å²) < 4.78 is 15.6. The molecular weight excluding hydrogens is 234 g/mol. The zero-order valence-electron chi connectivity index (χ0n) is 11.4. The van der Waals surface area contributed by atoms with Crippen LogP contribution in [0.15, 0.2) is 0 Å². The largest absolute Gasteiger partial charge is 0.463 e. The van der Waals surface area contributed by atoms with Crippen LogP contribution in [0.1, 0.15) is 26.2 Å². The van der Waals surface area contributed by atoms with Crippen LogP contribution in [0.2, 0.25) is 0 Å². The molecule has 0 unspecified atom stereocenters. The molecule has 0 radical (unpaired) electrons. The van der Waals surface area contributed by atoms with Crippen molar-refractivity contribution in [1.82, 2.24) is 4.90 Å². The highest BCUT2D eigenvalue weighted by Crippen LogP contribution is 1.99. The second-order valence-corrected chi connectivity index (χ2v) is 4.39. The van der Waals surface area contributed by atoms with E-state index in [0.717, 1.165) is 52.3 Å². The molecule has 0 aliphatic carbocycles. The van der Waals surface area contributed by atoms with Crippen LogP contribution in [0, 0.1) is 0 Å². The standard InChI is InChI=1S/C13H25NO4/c1-2-3-8-16-11-12-18-13(15)4-5-14-6-9-17-10-7-14/h2-12H2,1H3. The summed E-state index contributed by atoms with van der Waals surface area (Å²) in [5.41, 5.74) is 0. The van der Waals surface area contributed by atoms with Crippen molar-refractivity contribution < 1.29 is 19.0 Å². The van der Waals surface area contributed by atoms with E-state index < -0.39 is 0 Å². The molecule has 1 rings (SSSR count). The minimum Gasteiger partial charge on any atom is -0.463 e. The predicted octanol–water partition coefficient (Wildman–Crippen LogP) is 1.07. The Kier molecular flexibility index (Phi) is 8.81. The molecular formula is C13H25NO4. The zero-order valence-corrected chi connectivity index (χ0v) is 11.4. The second kappa shape index (κ2) is 10.3. The van der Waals surface area contributed by atoms with Gasteiger partial charge >= 0.3 is 5.97 Å². The Morgan fingerprint density at radius 1 is 1.22 bits per heavy atom. The van der Waals surface area contributed by atoms with Gasteiger partial charge in [0.2, 0.25) is 0 Å². The van der Waals surface area contributed by atoms with Gasteiger partial charge in [-0.25, -0.2) is 0 Å². The highest BCUT2D eigenvalue weighted by atomic mass is 16.6. The van der Waals surface area contributed by atoms with Crippen molar-refractivity contribution in [3.63, 3.8) is 0 Å². The van der Waals surface area contributed by atoms with E-state index in [4.69, 9.17) is 14.2 Å². The third-order valence-electron chi connectivity index (χ3n) is 2.87. The van der Waals surface area contributed by atoms with Gasteiger partial charge in [-0.05, 0) is 6.42 Å². The van der Waals surface area contributed by atoms with Gasteiger partial charge < -0.3 is 14.2 Å². The van der Waals surface area contributed by atoms with Crippen LogP contribution in [-0.2, 0) is 19.0 Å². The van der Waals surface area contributed by atoms with Crippen molar-refractivity contribution in [2.75, 3.05) is 52.7 Å². The van der Waals surface area contributed by atoms with E-state index in [2.05, 4.69) is 11.8 Å². The number of carbonyl (C=O) groups is 1. The van der Waals surface area contributed by atoms with Gasteiger partial charge in [0.15, 0.2) is 0 Å². The maximum absolute atomic E-state index is 11.4. The molecule has 0 amide bonds. The maximum atomic E-state index is 11.4. The monoisotopic (exact) mass is 259 g/mol. The highest BCUT2D eigenvalue weighted by Gasteiger charge is 2.12. The van der Waals surface area contributed by atoms with Gasteiger partial charge in [-0.2, -0.15) is 0 Å². The lowest BCUT2D eigenvalue weighted by atomic mass is 10.3. The van der Waals surface area contributed by atoms with Crippen molar-refractivity contribution in [2.45, 2.75) is 26.2 Å². The van der Waals surface area contributed by atoms with Crippen molar-refractivity contribution in [3.8, 4) is 0 Å². The summed E-state index contributed by atoms with van der Waals surface area (Å²) in [7, 11) is 0. The van der Waals surface area contributed by atoms with E-state index >= 15 is 0 Å². The summed E-state index contributed by atoms with van der Waals surface area (Å²) in [6.07, 6.45) is 2.64. The smallest absolute Gasteiger partial charge is 0.307 e. The fourth-order valence-electron chi connectivity index (χ4n) is 1.71. The molecule has 1 aliphatic heterocycles. The first-order chi connectivity index (χ1) is 8.83. The Morgan fingerprint density at radius 2 is 2.00 bits per heavy atom. The van der Waals surface area contributed by atoms with E-state index in [-0.39, 0.29) is 5.97 Å². The van der Waals surface area contributed by atoms with E-state index in [0.29, 0.717) is 19.6 Å². The molecule has 1 fully saturated rings. The molecule has 0 aromatic heterocycles. The lowest BCUT2D eigenvalue weighted by Crippen LogP contribution is -2.37. The Morgan fingerprint density at radius 3 is 2.72 bits per heavy atom. The molecule has 5 nitrogen and oxygen atoms in total. The fraction of sp³-hybridized carbons (Fsp3) is 0.923. The van der Waals surface area contributed by atoms with Crippen LogP contribution in [0.25, 0.3) is 0 Å². The topological polar surface area (TPSA) is 48.0 Å². The number of rotatable bonds is 9. The maximum Gasteiger partial charge on any atom is 0.307 e. The number of unbranched alkanes of at least 4 members (excludes halogenated alkanes) is 1. The fourth-order valence-corrected chi connectivity index (χ4v) is 1.71. The highest BCUT2D eigenvalue weighted by molar-refractivity contribution is 5.69.